The summed E-state index contributed by atoms with van der Waals surface area (Å²) in [5, 5.41) is 20.8. The highest BCUT2D eigenvalue weighted by atomic mass is 16.7. The predicted octanol–water partition coefficient (Wildman–Crippen LogP) is 0.207. The molecule has 1 spiro atoms. The fraction of sp³-hybridized carbons (Fsp3) is 1.00. The SMILES string of the molecule is CC(C)[C@@]12O[C@@H]1C[C@]13O[C@H]1[C@@H](O)CC[C@@]32O. The third-order valence-corrected chi connectivity index (χ3v) is 5.34. The van der Waals surface area contributed by atoms with Crippen molar-refractivity contribution in [1.82, 2.24) is 0 Å². The Morgan fingerprint density at radius 2 is 2.06 bits per heavy atom. The first-order valence-corrected chi connectivity index (χ1v) is 6.24. The fourth-order valence-corrected chi connectivity index (χ4v) is 4.51. The van der Waals surface area contributed by atoms with Gasteiger partial charge in [-0.25, -0.2) is 0 Å². The van der Waals surface area contributed by atoms with E-state index in [1.165, 1.54) is 0 Å². The highest BCUT2D eigenvalue weighted by Crippen LogP contribution is 2.74. The molecule has 0 aromatic rings. The Kier molecular flexibility index (Phi) is 1.44. The molecule has 0 amide bonds. The van der Waals surface area contributed by atoms with Crippen molar-refractivity contribution in [2.75, 3.05) is 0 Å². The lowest BCUT2D eigenvalue weighted by Crippen LogP contribution is -2.59. The van der Waals surface area contributed by atoms with Gasteiger partial charge in [0, 0.05) is 6.42 Å². The van der Waals surface area contributed by atoms with E-state index in [0.717, 1.165) is 6.42 Å². The van der Waals surface area contributed by atoms with E-state index >= 15 is 0 Å². The molecule has 2 saturated heterocycles. The Morgan fingerprint density at radius 3 is 2.75 bits per heavy atom. The minimum Gasteiger partial charge on any atom is -0.390 e. The first-order chi connectivity index (χ1) is 7.48. The van der Waals surface area contributed by atoms with Crippen LogP contribution in [0, 0.1) is 5.92 Å². The summed E-state index contributed by atoms with van der Waals surface area (Å²) < 4.78 is 11.5. The van der Waals surface area contributed by atoms with Crippen molar-refractivity contribution in [2.24, 2.45) is 5.92 Å². The van der Waals surface area contributed by atoms with Crippen LogP contribution in [0.4, 0.5) is 0 Å². The van der Waals surface area contributed by atoms with E-state index in [1.807, 2.05) is 0 Å². The molecule has 2 aliphatic heterocycles. The molecular formula is C12H18O4. The number of rotatable bonds is 1. The molecule has 0 aromatic carbocycles. The molecule has 6 atom stereocenters. The molecule has 2 heterocycles. The Balaban J connectivity index is 1.79. The summed E-state index contributed by atoms with van der Waals surface area (Å²) in [7, 11) is 0. The number of hydrogen-bond acceptors (Lipinski definition) is 4. The molecule has 2 N–H and O–H groups in total. The maximum Gasteiger partial charge on any atom is 0.131 e. The minimum absolute atomic E-state index is 0.132. The van der Waals surface area contributed by atoms with Crippen molar-refractivity contribution < 1.29 is 19.7 Å². The number of aliphatic hydroxyl groups excluding tert-OH is 1. The summed E-state index contributed by atoms with van der Waals surface area (Å²) in [5.41, 5.74) is -1.76. The van der Waals surface area contributed by atoms with Gasteiger partial charge < -0.3 is 19.7 Å². The molecule has 4 aliphatic rings. The van der Waals surface area contributed by atoms with Crippen LogP contribution in [-0.2, 0) is 9.47 Å². The zero-order valence-electron chi connectivity index (χ0n) is 9.64. The van der Waals surface area contributed by atoms with E-state index in [-0.39, 0.29) is 12.2 Å². The van der Waals surface area contributed by atoms with Crippen LogP contribution >= 0.6 is 0 Å². The highest BCUT2D eigenvalue weighted by Gasteiger charge is 2.91. The van der Waals surface area contributed by atoms with Crippen molar-refractivity contribution in [1.29, 1.82) is 0 Å². The normalized spacial score (nSPS) is 66.2. The van der Waals surface area contributed by atoms with Gasteiger partial charge in [-0.15, -0.1) is 0 Å². The third-order valence-electron chi connectivity index (χ3n) is 5.34. The summed E-state index contributed by atoms with van der Waals surface area (Å²) in [6.45, 7) is 4.19. The van der Waals surface area contributed by atoms with E-state index in [4.69, 9.17) is 9.47 Å². The van der Waals surface area contributed by atoms with Crippen molar-refractivity contribution in [2.45, 2.75) is 68.2 Å². The molecule has 16 heavy (non-hydrogen) atoms. The Morgan fingerprint density at radius 1 is 1.31 bits per heavy atom. The van der Waals surface area contributed by atoms with E-state index < -0.39 is 22.9 Å². The molecule has 4 heteroatoms. The van der Waals surface area contributed by atoms with Crippen molar-refractivity contribution in [3.8, 4) is 0 Å². The molecule has 0 aromatic heterocycles. The summed E-state index contributed by atoms with van der Waals surface area (Å²) in [5.74, 6) is 0.293. The Hall–Kier alpha value is -0.160. The van der Waals surface area contributed by atoms with Gasteiger partial charge in [-0.05, 0) is 18.8 Å². The molecule has 4 fully saturated rings. The Labute approximate surface area is 94.5 Å². The van der Waals surface area contributed by atoms with Crippen LogP contribution in [0.1, 0.15) is 33.1 Å². The van der Waals surface area contributed by atoms with Gasteiger partial charge in [0.1, 0.15) is 22.9 Å². The number of aliphatic hydroxyl groups is 2. The first kappa shape index (κ1) is 9.83. The van der Waals surface area contributed by atoms with E-state index in [1.54, 1.807) is 0 Å². The fourth-order valence-electron chi connectivity index (χ4n) is 4.51. The number of ether oxygens (including phenoxy) is 2. The maximum atomic E-state index is 11.0. The van der Waals surface area contributed by atoms with Crippen LogP contribution in [0.25, 0.3) is 0 Å². The lowest BCUT2D eigenvalue weighted by Gasteiger charge is -2.41. The number of fused-ring (bicyclic) bond motifs is 2. The molecule has 2 aliphatic carbocycles. The topological polar surface area (TPSA) is 65.5 Å². The predicted molar refractivity (Wildman–Crippen MR) is 54.9 cm³/mol. The van der Waals surface area contributed by atoms with E-state index in [2.05, 4.69) is 13.8 Å². The van der Waals surface area contributed by atoms with Crippen LogP contribution in [0.3, 0.4) is 0 Å². The van der Waals surface area contributed by atoms with Gasteiger partial charge in [-0.3, -0.25) is 0 Å². The van der Waals surface area contributed by atoms with Gasteiger partial charge >= 0.3 is 0 Å². The first-order valence-electron chi connectivity index (χ1n) is 6.24. The van der Waals surface area contributed by atoms with Crippen LogP contribution in [-0.4, -0.2) is 45.3 Å². The second-order valence-electron chi connectivity index (χ2n) is 6.15. The van der Waals surface area contributed by atoms with Crippen LogP contribution in [0.15, 0.2) is 0 Å². The zero-order chi connectivity index (χ0) is 11.3. The molecule has 90 valence electrons. The van der Waals surface area contributed by atoms with E-state index in [0.29, 0.717) is 18.8 Å². The lowest BCUT2D eigenvalue weighted by molar-refractivity contribution is -0.124. The van der Waals surface area contributed by atoms with Crippen molar-refractivity contribution >= 4 is 0 Å². The molecule has 0 radical (unpaired) electrons. The van der Waals surface area contributed by atoms with Gasteiger partial charge in [0.2, 0.25) is 0 Å². The molecule has 4 rings (SSSR count). The van der Waals surface area contributed by atoms with Crippen molar-refractivity contribution in [3.05, 3.63) is 0 Å². The van der Waals surface area contributed by atoms with Crippen LogP contribution in [0.5, 0.6) is 0 Å². The second-order valence-corrected chi connectivity index (χ2v) is 6.15. The molecule has 0 unspecified atom stereocenters. The summed E-state index contributed by atoms with van der Waals surface area (Å²) in [6.07, 6.45) is 1.55. The smallest absolute Gasteiger partial charge is 0.131 e. The standard InChI is InChI=1S/C12H18O4/c1-6(2)12-8(15-12)5-10-9(16-10)7(13)3-4-11(10,12)14/h6-9,13-14H,3-5H2,1-2H3/t7-,8+,9-,10-,11+,12+/m0/s1. The minimum atomic E-state index is -0.872. The largest absolute Gasteiger partial charge is 0.390 e. The highest BCUT2D eigenvalue weighted by molar-refractivity contribution is 5.39. The molecule has 0 bridgehead atoms. The summed E-state index contributed by atoms with van der Waals surface area (Å²) in [6, 6.07) is 0. The van der Waals surface area contributed by atoms with Crippen molar-refractivity contribution in [3.63, 3.8) is 0 Å². The second kappa shape index (κ2) is 2.34. The van der Waals surface area contributed by atoms with Gasteiger partial charge in [0.25, 0.3) is 0 Å². The summed E-state index contributed by atoms with van der Waals surface area (Å²) >= 11 is 0. The Bertz CT molecular complexity index is 370. The van der Waals surface area contributed by atoms with Gasteiger partial charge in [0.15, 0.2) is 0 Å². The lowest BCUT2D eigenvalue weighted by atomic mass is 9.68. The number of hydrogen-bond donors (Lipinski definition) is 2. The van der Waals surface area contributed by atoms with Gasteiger partial charge in [-0.1, -0.05) is 13.8 Å². The maximum absolute atomic E-state index is 11.0. The quantitative estimate of drug-likeness (QED) is 0.627. The van der Waals surface area contributed by atoms with Crippen LogP contribution in [0.2, 0.25) is 0 Å². The van der Waals surface area contributed by atoms with Gasteiger partial charge in [-0.2, -0.15) is 0 Å². The monoisotopic (exact) mass is 226 g/mol. The average Bonchev–Trinajstić information content (AvgIpc) is 3.07. The van der Waals surface area contributed by atoms with E-state index in [9.17, 15) is 10.2 Å². The van der Waals surface area contributed by atoms with Gasteiger partial charge in [0.05, 0.1) is 12.2 Å². The number of epoxide rings is 2. The average molecular weight is 226 g/mol. The zero-order valence-corrected chi connectivity index (χ0v) is 9.64. The van der Waals surface area contributed by atoms with Crippen LogP contribution < -0.4 is 0 Å². The molecule has 2 saturated carbocycles. The molecular weight excluding hydrogens is 208 g/mol. The molecule has 4 nitrogen and oxygen atoms in total. The third kappa shape index (κ3) is 0.706. The summed E-state index contributed by atoms with van der Waals surface area (Å²) in [4.78, 5) is 0.